The fourth-order valence-corrected chi connectivity index (χ4v) is 0.935. The Morgan fingerprint density at radius 1 is 1.29 bits per heavy atom. The molecule has 0 aliphatic heterocycles. The van der Waals surface area contributed by atoms with E-state index in [1.54, 1.807) is 0 Å². The zero-order chi connectivity index (χ0) is 12.7. The second-order valence-electron chi connectivity index (χ2n) is 3.06. The Labute approximate surface area is 97.2 Å². The molecule has 0 saturated carbocycles. The van der Waals surface area contributed by atoms with Crippen molar-refractivity contribution in [1.29, 1.82) is 0 Å². The minimum absolute atomic E-state index is 0.0995. The lowest BCUT2D eigenvalue weighted by molar-refractivity contribution is -0.119. The number of hydrogen-bond donors (Lipinski definition) is 4. The lowest BCUT2D eigenvalue weighted by atomic mass is 9.93. The fourth-order valence-electron chi connectivity index (χ4n) is 0.935. The van der Waals surface area contributed by atoms with Gasteiger partial charge in [0.1, 0.15) is 5.69 Å². The minimum Gasteiger partial charge on any atom is -0.426 e. The van der Waals surface area contributed by atoms with Crippen LogP contribution in [0.2, 0.25) is 0 Å². The van der Waals surface area contributed by atoms with Crippen LogP contribution in [0.25, 0.3) is 0 Å². The van der Waals surface area contributed by atoms with Gasteiger partial charge in [0.25, 0.3) is 5.91 Å². The Hall–Kier alpha value is -2.00. The van der Waals surface area contributed by atoms with E-state index in [0.717, 1.165) is 0 Å². The summed E-state index contributed by atoms with van der Waals surface area (Å²) >= 11 is 0. The van der Waals surface area contributed by atoms with Gasteiger partial charge < -0.3 is 20.7 Å². The molecule has 0 spiro atoms. The van der Waals surface area contributed by atoms with Gasteiger partial charge in [-0.15, -0.1) is 0 Å². The van der Waals surface area contributed by atoms with E-state index in [1.807, 2.05) is 0 Å². The molecule has 17 heavy (non-hydrogen) atoms. The van der Waals surface area contributed by atoms with Gasteiger partial charge in [0.2, 0.25) is 5.91 Å². The van der Waals surface area contributed by atoms with Gasteiger partial charge in [-0.3, -0.25) is 14.6 Å². The molecule has 0 unspecified atom stereocenters. The quantitative estimate of drug-likeness (QED) is 0.415. The number of rotatable bonds is 5. The van der Waals surface area contributed by atoms with Crippen molar-refractivity contribution in [3.63, 3.8) is 0 Å². The predicted molar refractivity (Wildman–Crippen MR) is 57.6 cm³/mol. The topological polar surface area (TPSA) is 124 Å². The number of hydrogen-bond acceptors (Lipinski definition) is 6. The molecule has 0 atom stereocenters. The molecule has 8 nitrogen and oxygen atoms in total. The molecule has 0 saturated heterocycles. The fraction of sp³-hybridized carbons (Fsp3) is 0.250. The number of nitrogens with one attached hydrogen (secondary N) is 2. The summed E-state index contributed by atoms with van der Waals surface area (Å²) in [6.07, 6.45) is 3.76. The van der Waals surface area contributed by atoms with Gasteiger partial charge in [-0.1, -0.05) is 0 Å². The van der Waals surface area contributed by atoms with Gasteiger partial charge >= 0.3 is 7.12 Å². The molecule has 0 bridgehead atoms. The average molecular weight is 238 g/mol. The smallest absolute Gasteiger partial charge is 0.426 e. The largest absolute Gasteiger partial charge is 0.472 e. The van der Waals surface area contributed by atoms with Crippen molar-refractivity contribution in [3.8, 4) is 0 Å². The summed E-state index contributed by atoms with van der Waals surface area (Å²) in [4.78, 5) is 29.9. The molecule has 1 aromatic heterocycles. The summed E-state index contributed by atoms with van der Waals surface area (Å²) in [5.74, 6) is -1.06. The van der Waals surface area contributed by atoms with Gasteiger partial charge in [-0.2, -0.15) is 0 Å². The van der Waals surface area contributed by atoms with E-state index in [2.05, 4.69) is 20.6 Å². The second kappa shape index (κ2) is 6.56. The third kappa shape index (κ3) is 5.04. The van der Waals surface area contributed by atoms with Crippen LogP contribution in [0.3, 0.4) is 0 Å². The van der Waals surface area contributed by atoms with E-state index in [0.29, 0.717) is 0 Å². The van der Waals surface area contributed by atoms with E-state index in [9.17, 15) is 9.59 Å². The first-order chi connectivity index (χ1) is 8.09. The highest BCUT2D eigenvalue weighted by molar-refractivity contribution is 6.41. The molecule has 0 aromatic carbocycles. The Morgan fingerprint density at radius 3 is 2.65 bits per heavy atom. The van der Waals surface area contributed by atoms with Crippen molar-refractivity contribution in [2.45, 2.75) is 0 Å². The van der Waals surface area contributed by atoms with Crippen LogP contribution in [0.5, 0.6) is 0 Å². The molecule has 0 radical (unpaired) electrons. The molecule has 0 fully saturated rings. The lowest BCUT2D eigenvalue weighted by Crippen LogP contribution is -2.41. The number of carbonyl (C=O) groups excluding carboxylic acids is 2. The van der Waals surface area contributed by atoms with Crippen LogP contribution in [0.4, 0.5) is 0 Å². The molecule has 90 valence electrons. The standard InChI is InChI=1S/C8H11BN4O4/c14-7(13-5-9(16)17)4-12-8(15)6-3-10-1-2-11-6/h1-3,16-17H,4-5H2,(H,12,15)(H,13,14). The molecule has 0 aliphatic rings. The second-order valence-corrected chi connectivity index (χ2v) is 3.06. The first-order valence-corrected chi connectivity index (χ1v) is 4.76. The highest BCUT2D eigenvalue weighted by Gasteiger charge is 2.11. The summed E-state index contributed by atoms with van der Waals surface area (Å²) in [5.41, 5.74) is 0.0995. The minimum atomic E-state index is -1.62. The van der Waals surface area contributed by atoms with Crippen LogP contribution in [-0.2, 0) is 4.79 Å². The Bertz CT molecular complexity index is 386. The third-order valence-corrected chi connectivity index (χ3v) is 1.69. The Kier molecular flexibility index (Phi) is 5.04. The number of aromatic nitrogens is 2. The van der Waals surface area contributed by atoms with Crippen molar-refractivity contribution in [3.05, 3.63) is 24.3 Å². The highest BCUT2D eigenvalue weighted by atomic mass is 16.4. The van der Waals surface area contributed by atoms with E-state index < -0.39 is 18.9 Å². The molecule has 9 heteroatoms. The Balaban J connectivity index is 2.31. The summed E-state index contributed by atoms with van der Waals surface area (Å²) in [7, 11) is -1.62. The monoisotopic (exact) mass is 238 g/mol. The maximum absolute atomic E-state index is 11.4. The van der Waals surface area contributed by atoms with Crippen molar-refractivity contribution in [2.24, 2.45) is 0 Å². The lowest BCUT2D eigenvalue weighted by Gasteiger charge is -2.05. The zero-order valence-electron chi connectivity index (χ0n) is 8.83. The summed E-state index contributed by atoms with van der Waals surface area (Å²) in [6.45, 7) is -0.276. The van der Waals surface area contributed by atoms with Gasteiger partial charge in [0.05, 0.1) is 19.2 Å². The highest BCUT2D eigenvalue weighted by Crippen LogP contribution is 1.88. The molecule has 2 amide bonds. The normalized spacial score (nSPS) is 9.53. The summed E-state index contributed by atoms with van der Waals surface area (Å²) in [6, 6.07) is 0. The van der Waals surface area contributed by atoms with E-state index in [4.69, 9.17) is 10.0 Å². The van der Waals surface area contributed by atoms with Crippen LogP contribution in [0, 0.1) is 0 Å². The first-order valence-electron chi connectivity index (χ1n) is 4.76. The summed E-state index contributed by atoms with van der Waals surface area (Å²) in [5, 5.41) is 21.5. The van der Waals surface area contributed by atoms with E-state index in [-0.39, 0.29) is 18.7 Å². The number of nitrogens with zero attached hydrogens (tertiary/aromatic N) is 2. The van der Waals surface area contributed by atoms with Crippen molar-refractivity contribution in [2.75, 3.05) is 13.0 Å². The van der Waals surface area contributed by atoms with Crippen molar-refractivity contribution in [1.82, 2.24) is 20.6 Å². The third-order valence-electron chi connectivity index (χ3n) is 1.69. The average Bonchev–Trinajstić information content (AvgIpc) is 2.34. The first kappa shape index (κ1) is 13.1. The van der Waals surface area contributed by atoms with Crippen LogP contribution < -0.4 is 10.6 Å². The van der Waals surface area contributed by atoms with E-state index in [1.165, 1.54) is 18.6 Å². The molecule has 1 aromatic rings. The molecule has 4 N–H and O–H groups in total. The molecular weight excluding hydrogens is 227 g/mol. The van der Waals surface area contributed by atoms with Crippen LogP contribution in [0.15, 0.2) is 18.6 Å². The summed E-state index contributed by atoms with van der Waals surface area (Å²) < 4.78 is 0. The maximum atomic E-state index is 11.4. The van der Waals surface area contributed by atoms with Gasteiger partial charge in [-0.05, 0) is 0 Å². The maximum Gasteiger partial charge on any atom is 0.472 e. The zero-order valence-corrected chi connectivity index (χ0v) is 8.83. The molecule has 1 rings (SSSR count). The Morgan fingerprint density at radius 2 is 2.06 bits per heavy atom. The molecule has 0 aliphatic carbocycles. The van der Waals surface area contributed by atoms with Crippen molar-refractivity contribution < 1.29 is 19.6 Å². The van der Waals surface area contributed by atoms with Gasteiger partial charge in [-0.25, -0.2) is 4.98 Å². The molecular formula is C8H11BN4O4. The molecule has 1 heterocycles. The predicted octanol–water partition coefficient (Wildman–Crippen LogP) is -2.67. The van der Waals surface area contributed by atoms with Crippen molar-refractivity contribution >= 4 is 18.9 Å². The van der Waals surface area contributed by atoms with Crippen LogP contribution in [0.1, 0.15) is 10.5 Å². The van der Waals surface area contributed by atoms with Gasteiger partial charge in [0, 0.05) is 12.4 Å². The van der Waals surface area contributed by atoms with Gasteiger partial charge in [0.15, 0.2) is 0 Å². The number of amides is 2. The van der Waals surface area contributed by atoms with E-state index >= 15 is 0 Å². The number of carbonyl (C=O) groups is 2. The van der Waals surface area contributed by atoms with Crippen LogP contribution in [-0.4, -0.2) is 51.9 Å². The van der Waals surface area contributed by atoms with Crippen LogP contribution >= 0.6 is 0 Å². The SMILES string of the molecule is O=C(CNC(=O)c1cnccn1)NCB(O)O.